The topological polar surface area (TPSA) is 135 Å². The van der Waals surface area contributed by atoms with Gasteiger partial charge in [0.25, 0.3) is 6.02 Å². The summed E-state index contributed by atoms with van der Waals surface area (Å²) >= 11 is 0. The highest BCUT2D eigenvalue weighted by Crippen LogP contribution is 2.39. The largest absolute Gasteiger partial charge is 0.461 e. The number of aromatic amines is 1. The minimum atomic E-state index is -2.03. The summed E-state index contributed by atoms with van der Waals surface area (Å²) in [7, 11) is 0. The third-order valence-electron chi connectivity index (χ3n) is 5.75. The molecule has 0 saturated carbocycles. The number of nitrogens with two attached hydrogens (primary N) is 1. The highest BCUT2D eigenvalue weighted by molar-refractivity contribution is 6.00. The molecule has 0 fully saturated rings. The number of benzene rings is 2. The first kappa shape index (κ1) is 25.0. The highest BCUT2D eigenvalue weighted by atomic mass is 19.1. The van der Waals surface area contributed by atoms with Crippen molar-refractivity contribution >= 4 is 28.6 Å². The Morgan fingerprint density at radius 1 is 1.21 bits per heavy atom. The van der Waals surface area contributed by atoms with Gasteiger partial charge in [-0.2, -0.15) is 0 Å². The molecule has 5 rings (SSSR count). The van der Waals surface area contributed by atoms with E-state index in [-0.39, 0.29) is 46.2 Å². The average molecular weight is 529 g/mol. The number of nitrogens with zero attached hydrogens (tertiary/aromatic N) is 2. The van der Waals surface area contributed by atoms with E-state index in [1.165, 1.54) is 24.5 Å². The molecule has 2 aromatic heterocycles. The average Bonchev–Trinajstić information content (AvgIpc) is 3.32. The van der Waals surface area contributed by atoms with Gasteiger partial charge in [-0.25, -0.2) is 27.5 Å². The van der Waals surface area contributed by atoms with Crippen LogP contribution in [0.15, 0.2) is 53.8 Å². The second-order valence-corrected chi connectivity index (χ2v) is 8.54. The van der Waals surface area contributed by atoms with Gasteiger partial charge in [-0.05, 0) is 29.8 Å². The molecule has 9 nitrogen and oxygen atoms in total. The number of aromatic nitrogens is 2. The number of primary amides is 1. The fourth-order valence-electron chi connectivity index (χ4n) is 3.86. The van der Waals surface area contributed by atoms with Gasteiger partial charge in [-0.1, -0.05) is 0 Å². The van der Waals surface area contributed by atoms with E-state index < -0.39 is 48.0 Å². The molecule has 1 atom stereocenters. The monoisotopic (exact) mass is 529 g/mol. The first-order valence-corrected chi connectivity index (χ1v) is 11.1. The molecule has 2 aromatic carbocycles. The Morgan fingerprint density at radius 3 is 2.63 bits per heavy atom. The van der Waals surface area contributed by atoms with Crippen LogP contribution in [0.2, 0.25) is 0 Å². The predicted octanol–water partition coefficient (Wildman–Crippen LogP) is 4.04. The molecule has 0 saturated heterocycles. The Balaban J connectivity index is 1.47. The fourth-order valence-corrected chi connectivity index (χ4v) is 3.86. The second-order valence-electron chi connectivity index (χ2n) is 8.54. The van der Waals surface area contributed by atoms with Crippen molar-refractivity contribution in [2.24, 2.45) is 10.7 Å². The molecule has 4 aromatic rings. The van der Waals surface area contributed by atoms with E-state index in [1.807, 2.05) is 0 Å². The molecule has 13 heteroatoms. The van der Waals surface area contributed by atoms with E-state index in [0.29, 0.717) is 5.56 Å². The molecule has 0 unspecified atom stereocenters. The van der Waals surface area contributed by atoms with Crippen LogP contribution >= 0.6 is 0 Å². The van der Waals surface area contributed by atoms with Crippen LogP contribution in [0.25, 0.3) is 22.2 Å². The van der Waals surface area contributed by atoms with Gasteiger partial charge >= 0.3 is 0 Å². The number of carbonyl (C=O) groups excluding carboxylic acids is 1. The summed E-state index contributed by atoms with van der Waals surface area (Å²) in [5, 5.41) is 11.9. The quantitative estimate of drug-likeness (QED) is 0.279. The van der Waals surface area contributed by atoms with Crippen LogP contribution in [0.5, 0.6) is 11.5 Å². The van der Waals surface area contributed by atoms with Crippen molar-refractivity contribution in [3.8, 4) is 22.6 Å². The summed E-state index contributed by atoms with van der Waals surface area (Å²) in [6.07, 6.45) is 2.83. The van der Waals surface area contributed by atoms with Crippen LogP contribution < -0.4 is 15.8 Å². The molecule has 0 radical (unpaired) electrons. The molecule has 0 bridgehead atoms. The smallest absolute Gasteiger partial charge is 0.289 e. The van der Waals surface area contributed by atoms with Crippen LogP contribution in [0.4, 0.5) is 23.2 Å². The number of fused-ring (bicyclic) bond motifs is 1. The number of nitrogens with one attached hydrogen (secondary N) is 2. The predicted molar refractivity (Wildman–Crippen MR) is 129 cm³/mol. The Bertz CT molecular complexity index is 1570. The van der Waals surface area contributed by atoms with E-state index >= 15 is 0 Å². The van der Waals surface area contributed by atoms with E-state index in [2.05, 4.69) is 20.3 Å². The Hall–Kier alpha value is -4.65. The molecule has 196 valence electrons. The fraction of sp³-hybridized carbons (Fsp3) is 0.160. The standard InChI is InChI=1S/C25H19F4N5O4/c26-14-4-12(3-13(5-14)22(30)36)16-8-32-23-20(16)19(1-2-31-23)38-21-17(27)6-15(7-18(21)28)34-24-33-9-25(29,10-35)11-37-24/h1-8,35H,9-11H2,(H2,30,36)(H,31,32)(H,33,34)/t25-/m1/s1. The number of aliphatic hydroxyl groups excluding tert-OH is 1. The summed E-state index contributed by atoms with van der Waals surface area (Å²) in [5.74, 6) is -4.44. The van der Waals surface area contributed by atoms with E-state index in [1.54, 1.807) is 0 Å². The first-order valence-electron chi connectivity index (χ1n) is 11.1. The van der Waals surface area contributed by atoms with Gasteiger partial charge in [0.1, 0.15) is 23.8 Å². The number of rotatable bonds is 6. The maximum atomic E-state index is 15.0. The molecule has 1 aliphatic rings. The zero-order valence-electron chi connectivity index (χ0n) is 19.4. The number of hydrogen-bond donors (Lipinski definition) is 4. The van der Waals surface area contributed by atoms with Gasteiger partial charge in [0.05, 0.1) is 18.5 Å². The maximum Gasteiger partial charge on any atom is 0.289 e. The van der Waals surface area contributed by atoms with Crippen LogP contribution in [0, 0.1) is 17.5 Å². The van der Waals surface area contributed by atoms with Crippen molar-refractivity contribution in [1.82, 2.24) is 9.97 Å². The summed E-state index contributed by atoms with van der Waals surface area (Å²) in [6, 6.07) is 6.57. The third kappa shape index (κ3) is 4.83. The molecule has 1 aliphatic heterocycles. The molecule has 0 aliphatic carbocycles. The van der Waals surface area contributed by atoms with Gasteiger partial charge in [0.2, 0.25) is 5.91 Å². The number of hydrogen-bond acceptors (Lipinski definition) is 7. The van der Waals surface area contributed by atoms with Crippen molar-refractivity contribution in [3.05, 3.63) is 71.8 Å². The van der Waals surface area contributed by atoms with Crippen molar-refractivity contribution in [1.29, 1.82) is 0 Å². The molecule has 38 heavy (non-hydrogen) atoms. The highest BCUT2D eigenvalue weighted by Gasteiger charge is 2.34. The third-order valence-corrected chi connectivity index (χ3v) is 5.75. The zero-order chi connectivity index (χ0) is 27.0. The number of H-pyrrole nitrogens is 1. The number of amidine groups is 1. The molecule has 0 spiro atoms. The summed E-state index contributed by atoms with van der Waals surface area (Å²) in [4.78, 5) is 22.4. The normalized spacial score (nSPS) is 17.1. The minimum Gasteiger partial charge on any atom is -0.461 e. The van der Waals surface area contributed by atoms with E-state index in [4.69, 9.17) is 20.3 Å². The number of anilines is 1. The van der Waals surface area contributed by atoms with Crippen molar-refractivity contribution < 1.29 is 36.9 Å². The molecule has 5 N–H and O–H groups in total. The zero-order valence-corrected chi connectivity index (χ0v) is 19.4. The number of pyridine rings is 1. The number of aliphatic imine (C=N–C) groups is 1. The number of carbonyl (C=O) groups is 1. The Morgan fingerprint density at radius 2 is 1.97 bits per heavy atom. The van der Waals surface area contributed by atoms with Crippen molar-refractivity contribution in [2.45, 2.75) is 5.67 Å². The van der Waals surface area contributed by atoms with Gasteiger partial charge in [-0.3, -0.25) is 4.79 Å². The minimum absolute atomic E-state index is 0.00192. The van der Waals surface area contributed by atoms with E-state index in [0.717, 1.165) is 24.3 Å². The summed E-state index contributed by atoms with van der Waals surface area (Å²) < 4.78 is 68.8. The van der Waals surface area contributed by atoms with Crippen LogP contribution in [0.1, 0.15) is 10.4 Å². The molecular formula is C25H19F4N5O4. The molecular weight excluding hydrogens is 510 g/mol. The Labute approximate surface area is 211 Å². The lowest BCUT2D eigenvalue weighted by Crippen LogP contribution is -2.43. The second kappa shape index (κ2) is 9.67. The number of alkyl halides is 1. The number of amides is 1. The maximum absolute atomic E-state index is 15.0. The summed E-state index contributed by atoms with van der Waals surface area (Å²) in [6.45, 7) is -1.65. The van der Waals surface area contributed by atoms with Gasteiger partial charge in [0, 0.05) is 41.3 Å². The lowest BCUT2D eigenvalue weighted by Gasteiger charge is -2.26. The SMILES string of the molecule is NC(=O)c1cc(F)cc(-c2c[nH]c3nccc(Oc4c(F)cc(NC5=NC[C@@](F)(CO)CO5)cc4F)c23)c1. The van der Waals surface area contributed by atoms with Crippen LogP contribution in [-0.4, -0.2) is 52.4 Å². The molecule has 1 amide bonds. The summed E-state index contributed by atoms with van der Waals surface area (Å²) in [5.41, 5.74) is 4.00. The van der Waals surface area contributed by atoms with Crippen molar-refractivity contribution in [2.75, 3.05) is 25.1 Å². The van der Waals surface area contributed by atoms with Crippen LogP contribution in [-0.2, 0) is 4.74 Å². The number of ether oxygens (including phenoxy) is 2. The number of aliphatic hydroxyl groups is 1. The van der Waals surface area contributed by atoms with Gasteiger partial charge < -0.3 is 30.6 Å². The lowest BCUT2D eigenvalue weighted by molar-refractivity contribution is 0.0181. The molecule has 3 heterocycles. The lowest BCUT2D eigenvalue weighted by atomic mass is 10.0. The van der Waals surface area contributed by atoms with Gasteiger partial charge in [0.15, 0.2) is 23.1 Å². The number of halogens is 4. The van der Waals surface area contributed by atoms with Crippen LogP contribution in [0.3, 0.4) is 0 Å². The Kier molecular flexibility index (Phi) is 6.36. The van der Waals surface area contributed by atoms with Gasteiger partial charge in [-0.15, -0.1) is 0 Å². The first-order chi connectivity index (χ1) is 18.2. The van der Waals surface area contributed by atoms with E-state index in [9.17, 15) is 22.4 Å². The van der Waals surface area contributed by atoms with Crippen molar-refractivity contribution in [3.63, 3.8) is 0 Å².